The summed E-state index contributed by atoms with van der Waals surface area (Å²) in [6.07, 6.45) is 1.15. The first-order chi connectivity index (χ1) is 8.56. The van der Waals surface area contributed by atoms with Gasteiger partial charge in [-0.15, -0.1) is 11.3 Å². The van der Waals surface area contributed by atoms with Crippen molar-refractivity contribution in [2.24, 2.45) is 5.92 Å². The molecule has 0 aliphatic heterocycles. The van der Waals surface area contributed by atoms with Crippen molar-refractivity contribution in [2.75, 3.05) is 0 Å². The SMILES string of the molecule is CC(C)Cc1ccc(C(Br)c2ccc(Br)s2)cc1. The second-order valence-corrected chi connectivity index (χ2v) is 8.25. The van der Waals surface area contributed by atoms with Crippen molar-refractivity contribution >= 4 is 43.2 Å². The van der Waals surface area contributed by atoms with Gasteiger partial charge in [0.2, 0.25) is 0 Å². The molecular formula is C15H16Br2S. The lowest BCUT2D eigenvalue weighted by atomic mass is 10.0. The molecule has 0 nitrogen and oxygen atoms in total. The van der Waals surface area contributed by atoms with Gasteiger partial charge in [0.05, 0.1) is 8.61 Å². The van der Waals surface area contributed by atoms with Gasteiger partial charge in [-0.05, 0) is 51.5 Å². The molecule has 18 heavy (non-hydrogen) atoms. The van der Waals surface area contributed by atoms with Gasteiger partial charge >= 0.3 is 0 Å². The molecule has 1 atom stereocenters. The van der Waals surface area contributed by atoms with E-state index in [1.54, 1.807) is 11.3 Å². The molecule has 0 N–H and O–H groups in total. The van der Waals surface area contributed by atoms with E-state index in [1.165, 1.54) is 19.8 Å². The molecule has 0 saturated carbocycles. The maximum absolute atomic E-state index is 3.77. The van der Waals surface area contributed by atoms with Crippen molar-refractivity contribution in [1.29, 1.82) is 0 Å². The Morgan fingerprint density at radius 1 is 1.06 bits per heavy atom. The van der Waals surface area contributed by atoms with E-state index in [9.17, 15) is 0 Å². The van der Waals surface area contributed by atoms with E-state index < -0.39 is 0 Å². The van der Waals surface area contributed by atoms with Crippen molar-refractivity contribution in [3.05, 3.63) is 56.2 Å². The van der Waals surface area contributed by atoms with E-state index in [-0.39, 0.29) is 0 Å². The molecular weight excluding hydrogens is 372 g/mol. The summed E-state index contributed by atoms with van der Waals surface area (Å²) in [6.45, 7) is 4.51. The minimum Gasteiger partial charge on any atom is -0.132 e. The molecule has 1 unspecified atom stereocenters. The lowest BCUT2D eigenvalue weighted by Gasteiger charge is -2.10. The highest BCUT2D eigenvalue weighted by Crippen LogP contribution is 2.37. The van der Waals surface area contributed by atoms with Crippen LogP contribution in [0.25, 0.3) is 0 Å². The maximum Gasteiger partial charge on any atom is 0.0738 e. The molecule has 1 heterocycles. The Hall–Kier alpha value is -0.120. The molecule has 96 valence electrons. The van der Waals surface area contributed by atoms with Crippen LogP contribution in [0.2, 0.25) is 0 Å². The van der Waals surface area contributed by atoms with Crippen molar-refractivity contribution in [2.45, 2.75) is 25.1 Å². The van der Waals surface area contributed by atoms with Gasteiger partial charge in [-0.1, -0.05) is 54.0 Å². The van der Waals surface area contributed by atoms with Gasteiger partial charge in [-0.3, -0.25) is 0 Å². The Labute approximate surface area is 130 Å². The quantitative estimate of drug-likeness (QED) is 0.548. The van der Waals surface area contributed by atoms with Gasteiger partial charge in [0.25, 0.3) is 0 Å². The third-order valence-electron chi connectivity index (χ3n) is 2.76. The van der Waals surface area contributed by atoms with Gasteiger partial charge in [0.15, 0.2) is 0 Å². The Morgan fingerprint density at radius 3 is 2.22 bits per heavy atom. The lowest BCUT2D eigenvalue weighted by Crippen LogP contribution is -1.95. The second-order valence-electron chi connectivity index (χ2n) is 4.84. The average Bonchev–Trinajstić information content (AvgIpc) is 2.75. The minimum absolute atomic E-state index is 0.293. The van der Waals surface area contributed by atoms with Crippen LogP contribution < -0.4 is 0 Å². The molecule has 2 rings (SSSR count). The fraction of sp³-hybridized carbons (Fsp3) is 0.333. The molecule has 0 amide bonds. The van der Waals surface area contributed by atoms with E-state index >= 15 is 0 Å². The van der Waals surface area contributed by atoms with Gasteiger partial charge in [-0.2, -0.15) is 0 Å². The fourth-order valence-electron chi connectivity index (χ4n) is 1.92. The number of alkyl halides is 1. The fourth-order valence-corrected chi connectivity index (χ4v) is 4.09. The summed E-state index contributed by atoms with van der Waals surface area (Å²) in [4.78, 5) is 1.63. The monoisotopic (exact) mass is 386 g/mol. The number of halogens is 2. The van der Waals surface area contributed by atoms with Crippen LogP contribution in [0.3, 0.4) is 0 Å². The van der Waals surface area contributed by atoms with Crippen LogP contribution in [-0.4, -0.2) is 0 Å². The van der Waals surface area contributed by atoms with Crippen molar-refractivity contribution in [3.8, 4) is 0 Å². The molecule has 0 spiro atoms. The number of benzene rings is 1. The third kappa shape index (κ3) is 3.69. The zero-order valence-electron chi connectivity index (χ0n) is 10.5. The zero-order valence-corrected chi connectivity index (χ0v) is 14.5. The lowest BCUT2D eigenvalue weighted by molar-refractivity contribution is 0.647. The molecule has 0 radical (unpaired) electrons. The summed E-state index contributed by atoms with van der Waals surface area (Å²) in [6, 6.07) is 13.2. The Bertz CT molecular complexity index is 499. The first-order valence-electron chi connectivity index (χ1n) is 6.04. The molecule has 3 heteroatoms. The van der Waals surface area contributed by atoms with E-state index in [4.69, 9.17) is 0 Å². The molecule has 1 aromatic heterocycles. The summed E-state index contributed by atoms with van der Waals surface area (Å²) < 4.78 is 1.18. The average molecular weight is 388 g/mol. The summed E-state index contributed by atoms with van der Waals surface area (Å²) in [5.41, 5.74) is 2.73. The normalized spacial score (nSPS) is 12.9. The first-order valence-corrected chi connectivity index (χ1v) is 8.57. The highest BCUT2D eigenvalue weighted by Gasteiger charge is 2.12. The number of thiophene rings is 1. The van der Waals surface area contributed by atoms with Crippen LogP contribution in [0.4, 0.5) is 0 Å². The highest BCUT2D eigenvalue weighted by atomic mass is 79.9. The maximum atomic E-state index is 3.77. The molecule has 2 aromatic rings. The number of rotatable bonds is 4. The topological polar surface area (TPSA) is 0 Å². The highest BCUT2D eigenvalue weighted by molar-refractivity contribution is 9.11. The second kappa shape index (κ2) is 6.36. The Kier molecular flexibility index (Phi) is 5.05. The van der Waals surface area contributed by atoms with Gasteiger partial charge in [0, 0.05) is 4.88 Å². The predicted octanol–water partition coefficient (Wildman–Crippen LogP) is 6.19. The summed E-state index contributed by atoms with van der Waals surface area (Å²) in [5, 5.41) is 0. The summed E-state index contributed by atoms with van der Waals surface area (Å²) in [5.74, 6) is 0.712. The predicted molar refractivity (Wildman–Crippen MR) is 87.8 cm³/mol. The molecule has 0 fully saturated rings. The van der Waals surface area contributed by atoms with Crippen molar-refractivity contribution < 1.29 is 0 Å². The Morgan fingerprint density at radius 2 is 1.72 bits per heavy atom. The first kappa shape index (κ1) is 14.3. The summed E-state index contributed by atoms with van der Waals surface area (Å²) in [7, 11) is 0. The van der Waals surface area contributed by atoms with E-state index in [0.717, 1.165) is 6.42 Å². The Balaban J connectivity index is 2.14. The van der Waals surface area contributed by atoms with E-state index in [2.05, 4.69) is 82.1 Å². The zero-order chi connectivity index (χ0) is 13.1. The molecule has 0 aliphatic rings. The summed E-state index contributed by atoms with van der Waals surface area (Å²) >= 11 is 9.06. The van der Waals surface area contributed by atoms with Crippen LogP contribution in [0, 0.1) is 5.92 Å². The third-order valence-corrected chi connectivity index (χ3v) is 5.77. The van der Waals surface area contributed by atoms with Crippen LogP contribution in [0.1, 0.15) is 34.7 Å². The van der Waals surface area contributed by atoms with Crippen LogP contribution in [0.5, 0.6) is 0 Å². The van der Waals surface area contributed by atoms with Gasteiger partial charge in [0.1, 0.15) is 0 Å². The molecule has 1 aromatic carbocycles. The van der Waals surface area contributed by atoms with E-state index in [0.29, 0.717) is 10.7 Å². The van der Waals surface area contributed by atoms with Crippen LogP contribution in [0.15, 0.2) is 40.2 Å². The van der Waals surface area contributed by atoms with Crippen molar-refractivity contribution in [1.82, 2.24) is 0 Å². The van der Waals surface area contributed by atoms with Crippen LogP contribution in [-0.2, 0) is 6.42 Å². The van der Waals surface area contributed by atoms with Gasteiger partial charge in [-0.25, -0.2) is 0 Å². The number of hydrogen-bond donors (Lipinski definition) is 0. The minimum atomic E-state index is 0.293. The number of hydrogen-bond acceptors (Lipinski definition) is 1. The molecule has 0 bridgehead atoms. The standard InChI is InChI=1S/C15H16Br2S/c1-10(2)9-11-3-5-12(6-4-11)15(17)13-7-8-14(16)18-13/h3-8,10,15H,9H2,1-2H3. The van der Waals surface area contributed by atoms with Crippen LogP contribution >= 0.6 is 43.2 Å². The van der Waals surface area contributed by atoms with Gasteiger partial charge < -0.3 is 0 Å². The van der Waals surface area contributed by atoms with E-state index in [1.807, 2.05) is 0 Å². The largest absolute Gasteiger partial charge is 0.132 e. The molecule has 0 aliphatic carbocycles. The molecule has 0 saturated heterocycles. The smallest absolute Gasteiger partial charge is 0.0738 e. The van der Waals surface area contributed by atoms with Crippen molar-refractivity contribution in [3.63, 3.8) is 0 Å².